The van der Waals surface area contributed by atoms with Crippen LogP contribution in [0.4, 0.5) is 4.39 Å². The van der Waals surface area contributed by atoms with Gasteiger partial charge in [0.05, 0.1) is 23.2 Å². The minimum Gasteiger partial charge on any atom is -0.493 e. The molecule has 1 aromatic heterocycles. The first-order chi connectivity index (χ1) is 18.9. The minimum absolute atomic E-state index is 0.0603. The van der Waals surface area contributed by atoms with Crippen LogP contribution >= 0.6 is 11.6 Å². The maximum Gasteiger partial charge on any atom is 0.255 e. The second-order valence-electron chi connectivity index (χ2n) is 11.9. The summed E-state index contributed by atoms with van der Waals surface area (Å²) in [5.41, 5.74) is 1.91. The quantitative estimate of drug-likeness (QED) is 0.331. The molecule has 0 spiro atoms. The van der Waals surface area contributed by atoms with E-state index >= 15 is 4.39 Å². The van der Waals surface area contributed by atoms with Crippen molar-refractivity contribution in [3.05, 3.63) is 57.6 Å². The van der Waals surface area contributed by atoms with Gasteiger partial charge in [0.1, 0.15) is 17.4 Å². The number of aromatic nitrogens is 2. The van der Waals surface area contributed by atoms with E-state index < -0.39 is 11.2 Å². The molecule has 216 valence electrons. The Morgan fingerprint density at radius 1 is 1.18 bits per heavy atom. The summed E-state index contributed by atoms with van der Waals surface area (Å²) in [4.78, 5) is 30.3. The molecule has 4 rings (SSSR count). The first-order valence-electron chi connectivity index (χ1n) is 14.1. The van der Waals surface area contributed by atoms with Crippen molar-refractivity contribution >= 4 is 34.4 Å². The lowest BCUT2D eigenvalue weighted by atomic mass is 9.87. The van der Waals surface area contributed by atoms with Crippen molar-refractivity contribution in [1.29, 1.82) is 0 Å². The molecule has 0 atom stereocenters. The van der Waals surface area contributed by atoms with Gasteiger partial charge >= 0.3 is 0 Å². The number of ether oxygens (including phenoxy) is 1. The molecule has 0 aliphatic heterocycles. The fraction of sp³-hybridized carbons (Fsp3) is 0.516. The Hall–Kier alpha value is -3.13. The lowest BCUT2D eigenvalue weighted by Gasteiger charge is -2.27. The Labute approximate surface area is 240 Å². The molecular weight excluding hydrogens is 531 g/mol. The van der Waals surface area contributed by atoms with Crippen LogP contribution in [0, 0.1) is 17.2 Å². The molecule has 1 aliphatic rings. The molecule has 1 aliphatic carbocycles. The predicted octanol–water partition coefficient (Wildman–Crippen LogP) is 6.33. The summed E-state index contributed by atoms with van der Waals surface area (Å²) in [7, 11) is 1.85. The predicted molar refractivity (Wildman–Crippen MR) is 156 cm³/mol. The van der Waals surface area contributed by atoms with Crippen molar-refractivity contribution in [2.75, 3.05) is 6.61 Å². The molecule has 40 heavy (non-hydrogen) atoms. The largest absolute Gasteiger partial charge is 0.493 e. The summed E-state index contributed by atoms with van der Waals surface area (Å²) in [5, 5.41) is 6.26. The number of fused-ring (bicyclic) bond motifs is 1. The number of hydrogen-bond donors (Lipinski definition) is 2. The number of halogens is 2. The van der Waals surface area contributed by atoms with Crippen molar-refractivity contribution in [2.45, 2.75) is 79.3 Å². The van der Waals surface area contributed by atoms with Crippen molar-refractivity contribution in [1.82, 2.24) is 20.2 Å². The average molecular weight is 571 g/mol. The SMILES string of the molecule is CCOc1cc2c(cc1C(=O)NC1CCC(C)CC1)nc(Cc1c(Cl)ccc(CNC(=O)C(C)(C)C)c1F)n2C. The molecule has 1 saturated carbocycles. The zero-order valence-electron chi connectivity index (χ0n) is 24.3. The molecule has 2 amide bonds. The Kier molecular flexibility index (Phi) is 9.08. The van der Waals surface area contributed by atoms with E-state index in [1.165, 1.54) is 0 Å². The third kappa shape index (κ3) is 6.60. The highest BCUT2D eigenvalue weighted by molar-refractivity contribution is 6.31. The molecule has 0 radical (unpaired) electrons. The molecule has 1 fully saturated rings. The van der Waals surface area contributed by atoms with Gasteiger partial charge in [-0.15, -0.1) is 0 Å². The van der Waals surface area contributed by atoms with E-state index in [9.17, 15) is 9.59 Å². The second kappa shape index (κ2) is 12.2. The second-order valence-corrected chi connectivity index (χ2v) is 12.3. The maximum absolute atomic E-state index is 15.6. The molecule has 2 aromatic carbocycles. The molecule has 9 heteroatoms. The molecule has 3 aromatic rings. The summed E-state index contributed by atoms with van der Waals surface area (Å²) >= 11 is 6.44. The van der Waals surface area contributed by atoms with Crippen LogP contribution in [0.5, 0.6) is 5.75 Å². The van der Waals surface area contributed by atoms with Gasteiger partial charge in [0.2, 0.25) is 5.91 Å². The normalized spacial score (nSPS) is 17.6. The van der Waals surface area contributed by atoms with Crippen LogP contribution in [0.3, 0.4) is 0 Å². The van der Waals surface area contributed by atoms with Crippen LogP contribution in [0.2, 0.25) is 5.02 Å². The van der Waals surface area contributed by atoms with E-state index in [0.29, 0.717) is 46.3 Å². The zero-order chi connectivity index (χ0) is 29.2. The van der Waals surface area contributed by atoms with E-state index in [-0.39, 0.29) is 35.8 Å². The van der Waals surface area contributed by atoms with Crippen molar-refractivity contribution in [3.63, 3.8) is 0 Å². The number of hydrogen-bond acceptors (Lipinski definition) is 4. The molecule has 0 unspecified atom stereocenters. The van der Waals surface area contributed by atoms with Gasteiger partial charge in [-0.2, -0.15) is 0 Å². The Morgan fingerprint density at radius 2 is 1.88 bits per heavy atom. The number of benzene rings is 2. The smallest absolute Gasteiger partial charge is 0.255 e. The average Bonchev–Trinajstić information content (AvgIpc) is 3.20. The molecule has 0 bridgehead atoms. The van der Waals surface area contributed by atoms with Crippen LogP contribution in [0.1, 0.15) is 87.6 Å². The third-order valence-electron chi connectivity index (χ3n) is 7.69. The number of nitrogens with one attached hydrogen (secondary N) is 2. The highest BCUT2D eigenvalue weighted by Crippen LogP contribution is 2.31. The van der Waals surface area contributed by atoms with Gasteiger partial charge in [-0.1, -0.05) is 45.4 Å². The zero-order valence-corrected chi connectivity index (χ0v) is 25.0. The molecule has 1 heterocycles. The summed E-state index contributed by atoms with van der Waals surface area (Å²) in [6.07, 6.45) is 4.29. The summed E-state index contributed by atoms with van der Waals surface area (Å²) in [6, 6.07) is 6.96. The lowest BCUT2D eigenvalue weighted by Crippen LogP contribution is -2.37. The topological polar surface area (TPSA) is 85.2 Å². The summed E-state index contributed by atoms with van der Waals surface area (Å²) in [5.74, 6) is 0.972. The maximum atomic E-state index is 15.6. The molecule has 2 N–H and O–H groups in total. The number of aryl methyl sites for hydroxylation is 1. The van der Waals surface area contributed by atoms with Crippen molar-refractivity contribution in [3.8, 4) is 5.75 Å². The summed E-state index contributed by atoms with van der Waals surface area (Å²) < 4.78 is 23.3. The fourth-order valence-electron chi connectivity index (χ4n) is 5.09. The molecule has 0 saturated heterocycles. The van der Waals surface area contributed by atoms with E-state index in [4.69, 9.17) is 21.3 Å². The molecule has 7 nitrogen and oxygen atoms in total. The number of carbonyl (C=O) groups is 2. The fourth-order valence-corrected chi connectivity index (χ4v) is 5.30. The van der Waals surface area contributed by atoms with Gasteiger partial charge in [-0.3, -0.25) is 9.59 Å². The monoisotopic (exact) mass is 570 g/mol. The minimum atomic E-state index is -0.579. The van der Waals surface area contributed by atoms with E-state index in [1.807, 2.05) is 24.6 Å². The van der Waals surface area contributed by atoms with Gasteiger partial charge in [-0.25, -0.2) is 9.37 Å². The number of imidazole rings is 1. The van der Waals surface area contributed by atoms with Gasteiger partial charge < -0.3 is 19.9 Å². The van der Waals surface area contributed by atoms with Crippen LogP contribution in [0.15, 0.2) is 24.3 Å². The number of rotatable bonds is 8. The van der Waals surface area contributed by atoms with E-state index in [0.717, 1.165) is 31.2 Å². The highest BCUT2D eigenvalue weighted by atomic mass is 35.5. The first-order valence-corrected chi connectivity index (χ1v) is 14.4. The van der Waals surface area contributed by atoms with Gasteiger partial charge in [0.15, 0.2) is 0 Å². The number of carbonyl (C=O) groups excluding carboxylic acids is 2. The van der Waals surface area contributed by atoms with Crippen LogP contribution in [-0.4, -0.2) is 34.0 Å². The van der Waals surface area contributed by atoms with Crippen LogP contribution in [-0.2, 0) is 24.8 Å². The highest BCUT2D eigenvalue weighted by Gasteiger charge is 2.25. The Morgan fingerprint density at radius 3 is 2.52 bits per heavy atom. The van der Waals surface area contributed by atoms with E-state index in [1.54, 1.807) is 39.0 Å². The standard InChI is InChI=1S/C31H40ClFN4O3/c1-7-40-26-16-25-24(14-22(26)29(38)35-20-11-8-18(2)9-12-20)36-27(37(25)6)15-21-23(32)13-10-19(28(21)33)17-34-30(39)31(3,4)5/h10,13-14,16,18,20H,7-9,11-12,15,17H2,1-6H3,(H,34,39)(H,35,38). The van der Waals surface area contributed by atoms with E-state index in [2.05, 4.69) is 17.6 Å². The van der Waals surface area contributed by atoms with Gasteiger partial charge in [0.25, 0.3) is 5.91 Å². The van der Waals surface area contributed by atoms with Crippen LogP contribution < -0.4 is 15.4 Å². The van der Waals surface area contributed by atoms with Gasteiger partial charge in [0, 0.05) is 53.7 Å². The van der Waals surface area contributed by atoms with Crippen molar-refractivity contribution in [2.24, 2.45) is 18.4 Å². The molecular formula is C31H40ClFN4O3. The Bertz CT molecular complexity index is 1400. The first kappa shape index (κ1) is 29.8. The van der Waals surface area contributed by atoms with Gasteiger partial charge in [-0.05, 0) is 50.7 Å². The summed E-state index contributed by atoms with van der Waals surface area (Å²) in [6.45, 7) is 10.0. The number of nitrogens with zero attached hydrogens (tertiary/aromatic N) is 2. The lowest BCUT2D eigenvalue weighted by molar-refractivity contribution is -0.128. The Balaban J connectivity index is 1.62. The number of amides is 2. The third-order valence-corrected chi connectivity index (χ3v) is 8.05. The van der Waals surface area contributed by atoms with Crippen LogP contribution in [0.25, 0.3) is 11.0 Å². The van der Waals surface area contributed by atoms with Crippen molar-refractivity contribution < 1.29 is 18.7 Å².